The maximum atomic E-state index is 12.4. The number of nitrogens with one attached hydrogen (secondary N) is 1. The standard InChI is InChI=1S/C17H26N2O4S/c1-6-13-12(4)24-16(15(13)17(21)22-5)18-14(20)9-19-7-10(2)23-11(3)8-19/h10-11H,6-9H2,1-5H3,(H,18,20)/t10-,11-/m1/s1. The van der Waals surface area contributed by atoms with Gasteiger partial charge in [-0.05, 0) is 32.8 Å². The van der Waals surface area contributed by atoms with Crippen molar-refractivity contribution in [3.05, 3.63) is 16.0 Å². The summed E-state index contributed by atoms with van der Waals surface area (Å²) in [6.45, 7) is 9.70. The summed E-state index contributed by atoms with van der Waals surface area (Å²) in [5.74, 6) is -0.523. The zero-order valence-electron chi connectivity index (χ0n) is 15.0. The first kappa shape index (κ1) is 18.9. The number of nitrogens with zero attached hydrogens (tertiary/aromatic N) is 1. The van der Waals surface area contributed by atoms with E-state index in [1.807, 2.05) is 27.7 Å². The van der Waals surface area contributed by atoms with Gasteiger partial charge in [-0.25, -0.2) is 4.79 Å². The van der Waals surface area contributed by atoms with Gasteiger partial charge in [0.1, 0.15) is 5.00 Å². The van der Waals surface area contributed by atoms with Crippen LogP contribution >= 0.6 is 11.3 Å². The summed E-state index contributed by atoms with van der Waals surface area (Å²) >= 11 is 1.42. The van der Waals surface area contributed by atoms with Crippen LogP contribution in [0.2, 0.25) is 0 Å². The number of hydrogen-bond donors (Lipinski definition) is 1. The molecule has 0 aliphatic carbocycles. The number of rotatable bonds is 5. The number of hydrogen-bond acceptors (Lipinski definition) is 6. The molecule has 0 radical (unpaired) electrons. The van der Waals surface area contributed by atoms with Crippen LogP contribution in [0.4, 0.5) is 5.00 Å². The molecule has 7 heteroatoms. The van der Waals surface area contributed by atoms with Crippen molar-refractivity contribution in [2.24, 2.45) is 0 Å². The molecule has 1 aromatic heterocycles. The second-order valence-corrected chi connectivity index (χ2v) is 7.41. The SMILES string of the molecule is CCc1c(C)sc(NC(=O)CN2C[C@@H](C)O[C@H](C)C2)c1C(=O)OC. The van der Waals surface area contributed by atoms with Crippen molar-refractivity contribution in [1.82, 2.24) is 4.90 Å². The average molecular weight is 354 g/mol. The van der Waals surface area contributed by atoms with Crippen molar-refractivity contribution in [2.75, 3.05) is 32.1 Å². The molecule has 6 nitrogen and oxygen atoms in total. The van der Waals surface area contributed by atoms with Gasteiger partial charge in [-0.2, -0.15) is 0 Å². The third kappa shape index (κ3) is 4.34. The first-order valence-electron chi connectivity index (χ1n) is 8.23. The summed E-state index contributed by atoms with van der Waals surface area (Å²) in [7, 11) is 1.36. The zero-order valence-corrected chi connectivity index (χ0v) is 15.8. The van der Waals surface area contributed by atoms with E-state index in [4.69, 9.17) is 9.47 Å². The van der Waals surface area contributed by atoms with E-state index >= 15 is 0 Å². The third-order valence-corrected chi connectivity index (χ3v) is 5.13. The van der Waals surface area contributed by atoms with Crippen molar-refractivity contribution >= 4 is 28.2 Å². The minimum Gasteiger partial charge on any atom is -0.465 e. The Hall–Kier alpha value is -1.44. The van der Waals surface area contributed by atoms with Crippen LogP contribution in [0.3, 0.4) is 0 Å². The third-order valence-electron chi connectivity index (χ3n) is 4.07. The molecule has 1 aliphatic heterocycles. The van der Waals surface area contributed by atoms with Gasteiger partial charge in [0.25, 0.3) is 0 Å². The number of carbonyl (C=O) groups is 2. The summed E-state index contributed by atoms with van der Waals surface area (Å²) < 4.78 is 10.6. The summed E-state index contributed by atoms with van der Waals surface area (Å²) in [6, 6.07) is 0. The molecule has 0 saturated carbocycles. The first-order chi connectivity index (χ1) is 11.3. The Morgan fingerprint density at radius 2 is 1.96 bits per heavy atom. The molecular formula is C17H26N2O4S. The molecule has 1 N–H and O–H groups in total. The van der Waals surface area contributed by atoms with Gasteiger partial charge in [0.05, 0.1) is 31.4 Å². The van der Waals surface area contributed by atoms with Gasteiger partial charge in [-0.3, -0.25) is 9.69 Å². The summed E-state index contributed by atoms with van der Waals surface area (Å²) in [5.41, 5.74) is 1.43. The van der Waals surface area contributed by atoms with Crippen molar-refractivity contribution in [1.29, 1.82) is 0 Å². The molecule has 0 spiro atoms. The number of esters is 1. The first-order valence-corrected chi connectivity index (χ1v) is 9.05. The Kier molecular flexibility index (Phi) is 6.37. The van der Waals surface area contributed by atoms with Crippen LogP contribution in [0.25, 0.3) is 0 Å². The molecular weight excluding hydrogens is 328 g/mol. The maximum absolute atomic E-state index is 12.4. The van der Waals surface area contributed by atoms with Crippen LogP contribution in [-0.4, -0.2) is 55.7 Å². The van der Waals surface area contributed by atoms with Crippen molar-refractivity contribution in [3.8, 4) is 0 Å². The van der Waals surface area contributed by atoms with Crippen LogP contribution < -0.4 is 5.32 Å². The lowest BCUT2D eigenvalue weighted by Gasteiger charge is -2.34. The summed E-state index contributed by atoms with van der Waals surface area (Å²) in [6.07, 6.45) is 0.951. The number of thiophene rings is 1. The van der Waals surface area contributed by atoms with Crippen LogP contribution in [0.1, 0.15) is 41.6 Å². The van der Waals surface area contributed by atoms with E-state index in [0.717, 1.165) is 30.0 Å². The molecule has 1 aliphatic rings. The minimum absolute atomic E-state index is 0.114. The Morgan fingerprint density at radius 1 is 1.33 bits per heavy atom. The van der Waals surface area contributed by atoms with Gasteiger partial charge < -0.3 is 14.8 Å². The predicted octanol–water partition coefficient (Wildman–Crippen LogP) is 2.45. The summed E-state index contributed by atoms with van der Waals surface area (Å²) in [4.78, 5) is 27.6. The number of ether oxygens (including phenoxy) is 2. The van der Waals surface area contributed by atoms with Crippen LogP contribution in [-0.2, 0) is 20.7 Å². The molecule has 0 unspecified atom stereocenters. The van der Waals surface area contributed by atoms with Gasteiger partial charge in [0, 0.05) is 18.0 Å². The molecule has 0 aromatic carbocycles. The van der Waals surface area contributed by atoms with Crippen molar-refractivity contribution in [2.45, 2.75) is 46.3 Å². The smallest absolute Gasteiger partial charge is 0.341 e. The zero-order chi connectivity index (χ0) is 17.9. The number of aryl methyl sites for hydroxylation is 1. The van der Waals surface area contributed by atoms with Gasteiger partial charge >= 0.3 is 5.97 Å². The molecule has 2 heterocycles. The van der Waals surface area contributed by atoms with Crippen LogP contribution in [0, 0.1) is 6.92 Å². The van der Waals surface area contributed by atoms with Crippen LogP contribution in [0.5, 0.6) is 0 Å². The van der Waals surface area contributed by atoms with E-state index in [9.17, 15) is 9.59 Å². The van der Waals surface area contributed by atoms with E-state index in [1.54, 1.807) is 0 Å². The predicted molar refractivity (Wildman–Crippen MR) is 94.9 cm³/mol. The molecule has 1 amide bonds. The van der Waals surface area contributed by atoms with Gasteiger partial charge in [0.2, 0.25) is 5.91 Å². The normalized spacial score (nSPS) is 21.5. The van der Waals surface area contributed by atoms with Gasteiger partial charge in [-0.1, -0.05) is 6.92 Å². The quantitative estimate of drug-likeness (QED) is 0.823. The maximum Gasteiger partial charge on any atom is 0.341 e. The molecule has 134 valence electrons. The topological polar surface area (TPSA) is 67.9 Å². The van der Waals surface area contributed by atoms with E-state index in [2.05, 4.69) is 10.2 Å². The fourth-order valence-electron chi connectivity index (χ4n) is 3.19. The van der Waals surface area contributed by atoms with Gasteiger partial charge in [0.15, 0.2) is 0 Å². The lowest BCUT2D eigenvalue weighted by atomic mass is 10.1. The molecule has 1 saturated heterocycles. The number of anilines is 1. The number of methoxy groups -OCH3 is 1. The van der Waals surface area contributed by atoms with Gasteiger partial charge in [-0.15, -0.1) is 11.3 Å². The highest BCUT2D eigenvalue weighted by atomic mass is 32.1. The Balaban J connectivity index is 2.10. The summed E-state index contributed by atoms with van der Waals surface area (Å²) in [5, 5.41) is 3.47. The number of morpholine rings is 1. The van der Waals surface area contributed by atoms with Crippen molar-refractivity contribution < 1.29 is 19.1 Å². The molecule has 1 aromatic rings. The number of amides is 1. The average Bonchev–Trinajstić information content (AvgIpc) is 2.80. The highest BCUT2D eigenvalue weighted by molar-refractivity contribution is 7.16. The minimum atomic E-state index is -0.403. The second kappa shape index (κ2) is 8.09. The molecule has 1 fully saturated rings. The molecule has 24 heavy (non-hydrogen) atoms. The number of carbonyl (C=O) groups excluding carboxylic acids is 2. The molecule has 2 rings (SSSR count). The van der Waals surface area contributed by atoms with E-state index in [1.165, 1.54) is 18.4 Å². The highest BCUT2D eigenvalue weighted by Crippen LogP contribution is 2.34. The Morgan fingerprint density at radius 3 is 2.50 bits per heavy atom. The molecule has 0 bridgehead atoms. The van der Waals surface area contributed by atoms with E-state index in [0.29, 0.717) is 10.6 Å². The monoisotopic (exact) mass is 354 g/mol. The lowest BCUT2D eigenvalue weighted by Crippen LogP contribution is -2.48. The second-order valence-electron chi connectivity index (χ2n) is 6.19. The fraction of sp³-hybridized carbons (Fsp3) is 0.647. The van der Waals surface area contributed by atoms with Crippen LogP contribution in [0.15, 0.2) is 0 Å². The highest BCUT2D eigenvalue weighted by Gasteiger charge is 2.26. The van der Waals surface area contributed by atoms with E-state index in [-0.39, 0.29) is 24.7 Å². The Labute approximate surface area is 147 Å². The fourth-order valence-corrected chi connectivity index (χ4v) is 4.34. The van der Waals surface area contributed by atoms with E-state index < -0.39 is 5.97 Å². The Bertz CT molecular complexity index is 604. The lowest BCUT2D eigenvalue weighted by molar-refractivity contribution is -0.121. The largest absolute Gasteiger partial charge is 0.465 e. The van der Waals surface area contributed by atoms with Crippen molar-refractivity contribution in [3.63, 3.8) is 0 Å². The molecule has 2 atom stereocenters.